The van der Waals surface area contributed by atoms with E-state index in [1.165, 1.54) is 5.56 Å². The van der Waals surface area contributed by atoms with Gasteiger partial charge >= 0.3 is 6.09 Å². The number of carbonyl (C=O) groups is 2. The van der Waals surface area contributed by atoms with E-state index in [0.717, 1.165) is 29.2 Å². The molecule has 0 aliphatic carbocycles. The minimum atomic E-state index is -0.588. The Morgan fingerprint density at radius 2 is 1.93 bits per heavy atom. The van der Waals surface area contributed by atoms with Crippen LogP contribution in [0.25, 0.3) is 0 Å². The Kier molecular flexibility index (Phi) is 6.63. The third kappa shape index (κ3) is 5.18. The SMILES string of the molecule is O=C(NCC(=O)N1CCSC(c2ccc3c(c2)OCO3)CC1)OCc1ccccc1. The van der Waals surface area contributed by atoms with Crippen molar-refractivity contribution >= 4 is 23.8 Å². The highest BCUT2D eigenvalue weighted by Gasteiger charge is 2.24. The van der Waals surface area contributed by atoms with Gasteiger partial charge in [-0.2, -0.15) is 11.8 Å². The number of hydrogen-bond donors (Lipinski definition) is 1. The second kappa shape index (κ2) is 9.75. The van der Waals surface area contributed by atoms with Crippen molar-refractivity contribution in [1.29, 1.82) is 0 Å². The van der Waals surface area contributed by atoms with Gasteiger partial charge in [0.15, 0.2) is 11.5 Å². The third-order valence-electron chi connectivity index (χ3n) is 5.06. The van der Waals surface area contributed by atoms with Crippen LogP contribution >= 0.6 is 11.8 Å². The molecule has 1 fully saturated rings. The maximum Gasteiger partial charge on any atom is 0.407 e. The van der Waals surface area contributed by atoms with Gasteiger partial charge in [-0.1, -0.05) is 36.4 Å². The van der Waals surface area contributed by atoms with Gasteiger partial charge in [0.05, 0.1) is 0 Å². The maximum absolute atomic E-state index is 12.5. The summed E-state index contributed by atoms with van der Waals surface area (Å²) in [5, 5.41) is 2.84. The fraction of sp³-hybridized carbons (Fsp3) is 0.364. The summed E-state index contributed by atoms with van der Waals surface area (Å²) in [5.41, 5.74) is 2.08. The van der Waals surface area contributed by atoms with E-state index in [-0.39, 0.29) is 25.9 Å². The highest BCUT2D eigenvalue weighted by molar-refractivity contribution is 7.99. The lowest BCUT2D eigenvalue weighted by Gasteiger charge is -2.20. The number of hydrogen-bond acceptors (Lipinski definition) is 6. The molecule has 1 N–H and O–H groups in total. The second-order valence-corrected chi connectivity index (χ2v) is 8.37. The largest absolute Gasteiger partial charge is 0.454 e. The van der Waals surface area contributed by atoms with Gasteiger partial charge in [0, 0.05) is 24.1 Å². The first-order valence-corrected chi connectivity index (χ1v) is 11.0. The van der Waals surface area contributed by atoms with E-state index < -0.39 is 6.09 Å². The normalized spacial score (nSPS) is 17.9. The van der Waals surface area contributed by atoms with Crippen LogP contribution in [0.1, 0.15) is 22.8 Å². The molecule has 2 aliphatic rings. The van der Waals surface area contributed by atoms with Gasteiger partial charge in [0.1, 0.15) is 13.2 Å². The quantitative estimate of drug-likeness (QED) is 0.787. The number of amides is 2. The first kappa shape index (κ1) is 20.4. The second-order valence-electron chi connectivity index (χ2n) is 7.06. The van der Waals surface area contributed by atoms with Crippen molar-refractivity contribution in [3.05, 3.63) is 59.7 Å². The number of thioether (sulfide) groups is 1. The van der Waals surface area contributed by atoms with Crippen LogP contribution in [0.2, 0.25) is 0 Å². The van der Waals surface area contributed by atoms with Gasteiger partial charge in [0.25, 0.3) is 0 Å². The van der Waals surface area contributed by atoms with Crippen molar-refractivity contribution in [3.8, 4) is 11.5 Å². The van der Waals surface area contributed by atoms with Crippen LogP contribution in [0.4, 0.5) is 4.79 Å². The lowest BCUT2D eigenvalue weighted by Crippen LogP contribution is -2.41. The lowest BCUT2D eigenvalue weighted by atomic mass is 10.1. The molecule has 2 aromatic carbocycles. The summed E-state index contributed by atoms with van der Waals surface area (Å²) in [5.74, 6) is 2.30. The van der Waals surface area contributed by atoms with Crippen LogP contribution in [-0.2, 0) is 16.1 Å². The zero-order valence-electron chi connectivity index (χ0n) is 16.5. The van der Waals surface area contributed by atoms with E-state index >= 15 is 0 Å². The average Bonchev–Trinajstić information content (AvgIpc) is 3.11. The van der Waals surface area contributed by atoms with Crippen LogP contribution in [0.3, 0.4) is 0 Å². The van der Waals surface area contributed by atoms with Crippen molar-refractivity contribution in [2.45, 2.75) is 18.3 Å². The number of nitrogens with one attached hydrogen (secondary N) is 1. The molecular weight excluding hydrogens is 404 g/mol. The summed E-state index contributed by atoms with van der Waals surface area (Å²) in [7, 11) is 0. The van der Waals surface area contributed by atoms with Gasteiger partial charge in [-0.05, 0) is 29.7 Å². The molecule has 0 radical (unpaired) electrons. The summed E-state index contributed by atoms with van der Waals surface area (Å²) in [6.45, 7) is 1.68. The molecule has 2 heterocycles. The molecule has 0 bridgehead atoms. The van der Waals surface area contributed by atoms with Crippen molar-refractivity contribution in [1.82, 2.24) is 10.2 Å². The Labute approximate surface area is 179 Å². The molecule has 158 valence electrons. The number of fused-ring (bicyclic) bond motifs is 1. The Hall–Kier alpha value is -2.87. The van der Waals surface area contributed by atoms with E-state index in [9.17, 15) is 9.59 Å². The molecule has 2 aromatic rings. The van der Waals surface area contributed by atoms with Gasteiger partial charge in [-0.25, -0.2) is 4.79 Å². The molecule has 1 unspecified atom stereocenters. The maximum atomic E-state index is 12.5. The zero-order valence-corrected chi connectivity index (χ0v) is 17.4. The Morgan fingerprint density at radius 1 is 1.10 bits per heavy atom. The summed E-state index contributed by atoms with van der Waals surface area (Å²) >= 11 is 1.83. The average molecular weight is 429 g/mol. The van der Waals surface area contributed by atoms with E-state index in [4.69, 9.17) is 14.2 Å². The molecule has 0 saturated carbocycles. The number of nitrogens with zero attached hydrogens (tertiary/aromatic N) is 1. The van der Waals surface area contributed by atoms with Crippen LogP contribution in [0.15, 0.2) is 48.5 Å². The fourth-order valence-electron chi connectivity index (χ4n) is 3.43. The summed E-state index contributed by atoms with van der Waals surface area (Å²) < 4.78 is 16.0. The molecule has 8 heteroatoms. The highest BCUT2D eigenvalue weighted by atomic mass is 32.2. The third-order valence-corrected chi connectivity index (χ3v) is 6.39. The zero-order chi connectivity index (χ0) is 20.8. The van der Waals surface area contributed by atoms with Crippen molar-refractivity contribution in [2.75, 3.05) is 32.2 Å². The summed E-state index contributed by atoms with van der Waals surface area (Å²) in [6.07, 6.45) is 0.253. The predicted molar refractivity (Wildman–Crippen MR) is 114 cm³/mol. The van der Waals surface area contributed by atoms with Crippen LogP contribution < -0.4 is 14.8 Å². The lowest BCUT2D eigenvalue weighted by molar-refractivity contribution is -0.129. The number of rotatable bonds is 5. The van der Waals surface area contributed by atoms with Crippen molar-refractivity contribution in [3.63, 3.8) is 0 Å². The van der Waals surface area contributed by atoms with E-state index in [1.54, 1.807) is 4.90 Å². The number of benzene rings is 2. The molecule has 0 spiro atoms. The number of alkyl carbamates (subject to hydrolysis) is 1. The van der Waals surface area contributed by atoms with Crippen LogP contribution in [0.5, 0.6) is 11.5 Å². The number of ether oxygens (including phenoxy) is 3. The first-order chi connectivity index (χ1) is 14.7. The van der Waals surface area contributed by atoms with Gasteiger partial charge in [-0.3, -0.25) is 4.79 Å². The molecule has 1 atom stereocenters. The summed E-state index contributed by atoms with van der Waals surface area (Å²) in [6, 6.07) is 15.5. The molecule has 7 nitrogen and oxygen atoms in total. The van der Waals surface area contributed by atoms with Crippen LogP contribution in [-0.4, -0.2) is 49.1 Å². The smallest absolute Gasteiger partial charge is 0.407 e. The van der Waals surface area contributed by atoms with Crippen molar-refractivity contribution in [2.24, 2.45) is 0 Å². The monoisotopic (exact) mass is 428 g/mol. The Morgan fingerprint density at radius 3 is 2.80 bits per heavy atom. The highest BCUT2D eigenvalue weighted by Crippen LogP contribution is 2.40. The Bertz CT molecular complexity index is 892. The van der Waals surface area contributed by atoms with E-state index in [2.05, 4.69) is 11.4 Å². The molecule has 0 aromatic heterocycles. The van der Waals surface area contributed by atoms with Gasteiger partial charge in [0.2, 0.25) is 12.7 Å². The molecule has 4 rings (SSSR count). The van der Waals surface area contributed by atoms with E-state index in [0.29, 0.717) is 18.3 Å². The van der Waals surface area contributed by atoms with E-state index in [1.807, 2.05) is 54.2 Å². The molecule has 2 amide bonds. The van der Waals surface area contributed by atoms with Gasteiger partial charge < -0.3 is 24.4 Å². The Balaban J connectivity index is 1.23. The van der Waals surface area contributed by atoms with Crippen LogP contribution in [0, 0.1) is 0 Å². The molecular formula is C22H24N2O5S. The topological polar surface area (TPSA) is 77.1 Å². The number of carbonyl (C=O) groups excluding carboxylic acids is 2. The first-order valence-electron chi connectivity index (χ1n) is 9.92. The minimum absolute atomic E-state index is 0.0625. The predicted octanol–water partition coefficient (Wildman–Crippen LogP) is 3.35. The van der Waals surface area contributed by atoms with Gasteiger partial charge in [-0.15, -0.1) is 0 Å². The fourth-order valence-corrected chi connectivity index (χ4v) is 4.65. The standard InChI is InChI=1S/C22H24N2O5S/c25-21(13-23-22(26)27-14-16-4-2-1-3-5-16)24-9-8-20(30-11-10-24)17-6-7-18-19(12-17)29-15-28-18/h1-7,12,20H,8-11,13-15H2,(H,23,26). The minimum Gasteiger partial charge on any atom is -0.454 e. The summed E-state index contributed by atoms with van der Waals surface area (Å²) in [4.78, 5) is 26.2. The molecule has 30 heavy (non-hydrogen) atoms. The molecule has 1 saturated heterocycles. The molecule has 2 aliphatic heterocycles. The van der Waals surface area contributed by atoms with Crippen molar-refractivity contribution < 1.29 is 23.8 Å².